The van der Waals surface area contributed by atoms with Crippen molar-refractivity contribution in [3.8, 4) is 17.0 Å². The van der Waals surface area contributed by atoms with Gasteiger partial charge >= 0.3 is 0 Å². The van der Waals surface area contributed by atoms with Crippen LogP contribution in [0.15, 0.2) is 36.4 Å². The highest BCUT2D eigenvalue weighted by molar-refractivity contribution is 7.16. The average molecular weight is 386 g/mol. The molecule has 0 saturated carbocycles. The number of carbonyl (C=O) groups is 1. The second-order valence-corrected chi connectivity index (χ2v) is 7.65. The largest absolute Gasteiger partial charge is 0.487 e. The minimum atomic E-state index is -0.804. The number of carbonyl (C=O) groups excluding carboxylic acids is 1. The van der Waals surface area contributed by atoms with Crippen molar-refractivity contribution < 1.29 is 18.3 Å². The van der Waals surface area contributed by atoms with Crippen molar-refractivity contribution in [1.82, 2.24) is 4.98 Å². The molecule has 27 heavy (non-hydrogen) atoms. The zero-order valence-electron chi connectivity index (χ0n) is 14.7. The lowest BCUT2D eigenvalue weighted by atomic mass is 9.96. The molecule has 0 saturated heterocycles. The lowest BCUT2D eigenvalue weighted by molar-refractivity contribution is 0.102. The van der Waals surface area contributed by atoms with Gasteiger partial charge in [0.2, 0.25) is 0 Å². The Kier molecular flexibility index (Phi) is 4.39. The number of fused-ring (bicyclic) bond motifs is 3. The van der Waals surface area contributed by atoms with Gasteiger partial charge in [-0.1, -0.05) is 37.3 Å². The summed E-state index contributed by atoms with van der Waals surface area (Å²) in [4.78, 5) is 17.7. The molecule has 7 heteroatoms. The van der Waals surface area contributed by atoms with Gasteiger partial charge in [0.05, 0.1) is 10.6 Å². The number of hydrogen-bond donors (Lipinski definition) is 1. The summed E-state index contributed by atoms with van der Waals surface area (Å²) >= 11 is 1.29. The summed E-state index contributed by atoms with van der Waals surface area (Å²) in [5.74, 6) is -1.10. The molecule has 1 aliphatic heterocycles. The molecule has 1 amide bonds. The highest BCUT2D eigenvalue weighted by atomic mass is 32.1. The molecule has 1 N–H and O–H groups in total. The van der Waals surface area contributed by atoms with Crippen LogP contribution in [0.1, 0.15) is 40.6 Å². The van der Waals surface area contributed by atoms with E-state index in [4.69, 9.17) is 4.74 Å². The average Bonchev–Trinajstić information content (AvgIpc) is 3.03. The lowest BCUT2D eigenvalue weighted by Crippen LogP contribution is -2.12. The molecule has 3 aromatic rings. The maximum atomic E-state index is 13.3. The van der Waals surface area contributed by atoms with E-state index in [1.165, 1.54) is 11.3 Å². The Hall–Kier alpha value is -2.80. The maximum Gasteiger partial charge on any atom is 0.257 e. The molecule has 0 aliphatic carbocycles. The minimum absolute atomic E-state index is 0.0978. The molecular formula is C20H16F2N2O2S. The number of halogens is 2. The molecule has 1 aliphatic rings. The van der Waals surface area contributed by atoms with Crippen LogP contribution in [-0.2, 0) is 6.61 Å². The predicted molar refractivity (Wildman–Crippen MR) is 100 cm³/mol. The third-order valence-electron chi connectivity index (χ3n) is 4.31. The van der Waals surface area contributed by atoms with Crippen molar-refractivity contribution >= 4 is 22.4 Å². The molecule has 0 bridgehead atoms. The Bertz CT molecular complexity index is 1030. The van der Waals surface area contributed by atoms with Gasteiger partial charge in [-0.2, -0.15) is 0 Å². The Labute approximate surface area is 158 Å². The number of nitrogens with one attached hydrogen (secondary N) is 1. The lowest BCUT2D eigenvalue weighted by Gasteiger charge is -2.21. The van der Waals surface area contributed by atoms with Gasteiger partial charge in [0.15, 0.2) is 5.13 Å². The summed E-state index contributed by atoms with van der Waals surface area (Å²) in [7, 11) is 0. The molecule has 138 valence electrons. The molecule has 0 spiro atoms. The summed E-state index contributed by atoms with van der Waals surface area (Å²) in [6, 6.07) is 8.62. The molecule has 1 aromatic heterocycles. The second-order valence-electron chi connectivity index (χ2n) is 6.57. The predicted octanol–water partition coefficient (Wildman–Crippen LogP) is 5.36. The Morgan fingerprint density at radius 2 is 1.96 bits per heavy atom. The van der Waals surface area contributed by atoms with E-state index in [-0.39, 0.29) is 5.56 Å². The molecule has 0 fully saturated rings. The van der Waals surface area contributed by atoms with Gasteiger partial charge in [0.1, 0.15) is 24.0 Å². The van der Waals surface area contributed by atoms with Crippen molar-refractivity contribution in [2.45, 2.75) is 26.4 Å². The van der Waals surface area contributed by atoms with Crippen molar-refractivity contribution in [2.75, 3.05) is 5.32 Å². The third kappa shape index (κ3) is 3.30. The number of ether oxygens (including phenoxy) is 1. The molecule has 0 atom stereocenters. The van der Waals surface area contributed by atoms with Crippen LogP contribution in [-0.4, -0.2) is 10.9 Å². The van der Waals surface area contributed by atoms with E-state index in [0.717, 1.165) is 45.6 Å². The van der Waals surface area contributed by atoms with Crippen LogP contribution in [0, 0.1) is 11.6 Å². The van der Waals surface area contributed by atoms with Gasteiger partial charge in [-0.3, -0.25) is 10.1 Å². The first kappa shape index (κ1) is 17.6. The number of rotatable bonds is 3. The molecular weight excluding hydrogens is 370 g/mol. The molecule has 2 aromatic carbocycles. The minimum Gasteiger partial charge on any atom is -0.487 e. The Morgan fingerprint density at radius 1 is 1.22 bits per heavy atom. The second kappa shape index (κ2) is 6.74. The van der Waals surface area contributed by atoms with Crippen LogP contribution in [0.25, 0.3) is 11.3 Å². The molecule has 2 heterocycles. The normalized spacial score (nSPS) is 12.3. The number of aromatic nitrogens is 1. The number of thiazole rings is 1. The van der Waals surface area contributed by atoms with E-state index < -0.39 is 17.5 Å². The number of amides is 1. The topological polar surface area (TPSA) is 51.2 Å². The van der Waals surface area contributed by atoms with Gasteiger partial charge in [-0.05, 0) is 29.7 Å². The van der Waals surface area contributed by atoms with E-state index in [1.807, 2.05) is 18.2 Å². The molecule has 0 unspecified atom stereocenters. The monoisotopic (exact) mass is 386 g/mol. The number of anilines is 1. The third-order valence-corrected chi connectivity index (χ3v) is 5.26. The van der Waals surface area contributed by atoms with Crippen LogP contribution in [0.5, 0.6) is 5.75 Å². The Balaban J connectivity index is 1.65. The van der Waals surface area contributed by atoms with Crippen LogP contribution in [0.2, 0.25) is 0 Å². The van der Waals surface area contributed by atoms with E-state index in [2.05, 4.69) is 24.1 Å². The first-order valence-corrected chi connectivity index (χ1v) is 9.27. The highest BCUT2D eigenvalue weighted by Gasteiger charge is 2.25. The summed E-state index contributed by atoms with van der Waals surface area (Å²) in [6.07, 6.45) is 0. The van der Waals surface area contributed by atoms with Gasteiger partial charge in [-0.15, -0.1) is 0 Å². The van der Waals surface area contributed by atoms with Crippen molar-refractivity contribution in [2.24, 2.45) is 0 Å². The fourth-order valence-corrected chi connectivity index (χ4v) is 3.95. The van der Waals surface area contributed by atoms with Crippen molar-refractivity contribution in [1.29, 1.82) is 0 Å². The smallest absolute Gasteiger partial charge is 0.257 e. The molecule has 4 nitrogen and oxygen atoms in total. The quantitative estimate of drug-likeness (QED) is 0.660. The summed E-state index contributed by atoms with van der Waals surface area (Å²) in [5.41, 5.74) is 2.66. The van der Waals surface area contributed by atoms with Crippen LogP contribution in [0.4, 0.5) is 13.9 Å². The van der Waals surface area contributed by atoms with Gasteiger partial charge < -0.3 is 4.74 Å². The standard InChI is InChI=1S/C20H16F2N2O2S/c1-10(2)14-4-3-5-15-17-16(9-26-18(14)15)27-20(23-17)24-19(25)11-6-12(21)8-13(22)7-11/h3-8,10H,9H2,1-2H3,(H,23,24,25). The maximum absolute atomic E-state index is 13.3. The summed E-state index contributed by atoms with van der Waals surface area (Å²) in [5, 5.41) is 2.98. The van der Waals surface area contributed by atoms with Gasteiger partial charge in [0, 0.05) is 17.2 Å². The fourth-order valence-electron chi connectivity index (χ4n) is 3.06. The number of nitrogens with zero attached hydrogens (tertiary/aromatic N) is 1. The molecule has 4 rings (SSSR count). The Morgan fingerprint density at radius 3 is 2.67 bits per heavy atom. The SMILES string of the molecule is CC(C)c1cccc2c1OCc1sc(NC(=O)c3cc(F)cc(F)c3)nc1-2. The zero-order valence-corrected chi connectivity index (χ0v) is 15.5. The number of hydrogen-bond acceptors (Lipinski definition) is 4. The van der Waals surface area contributed by atoms with E-state index in [0.29, 0.717) is 17.7 Å². The van der Waals surface area contributed by atoms with E-state index in [1.54, 1.807) is 0 Å². The first-order chi connectivity index (χ1) is 12.9. The summed E-state index contributed by atoms with van der Waals surface area (Å²) < 4.78 is 32.6. The van der Waals surface area contributed by atoms with Crippen LogP contribution < -0.4 is 10.1 Å². The number of para-hydroxylation sites is 1. The zero-order chi connectivity index (χ0) is 19.1. The fraction of sp³-hybridized carbons (Fsp3) is 0.200. The van der Waals surface area contributed by atoms with Gasteiger partial charge in [0.25, 0.3) is 5.91 Å². The van der Waals surface area contributed by atoms with Crippen LogP contribution >= 0.6 is 11.3 Å². The van der Waals surface area contributed by atoms with Crippen LogP contribution in [0.3, 0.4) is 0 Å². The highest BCUT2D eigenvalue weighted by Crippen LogP contribution is 2.44. The van der Waals surface area contributed by atoms with Gasteiger partial charge in [-0.25, -0.2) is 13.8 Å². The van der Waals surface area contributed by atoms with Crippen molar-refractivity contribution in [3.63, 3.8) is 0 Å². The van der Waals surface area contributed by atoms with E-state index in [9.17, 15) is 13.6 Å². The van der Waals surface area contributed by atoms with Crippen molar-refractivity contribution in [3.05, 3.63) is 64.0 Å². The molecule has 0 radical (unpaired) electrons. The van der Waals surface area contributed by atoms with E-state index >= 15 is 0 Å². The number of benzene rings is 2. The first-order valence-electron chi connectivity index (χ1n) is 8.45. The summed E-state index contributed by atoms with van der Waals surface area (Å²) in [6.45, 7) is 4.56.